The van der Waals surface area contributed by atoms with Crippen LogP contribution in [0.2, 0.25) is 0 Å². The first kappa shape index (κ1) is 13.6. The van der Waals surface area contributed by atoms with Crippen molar-refractivity contribution in [1.82, 2.24) is 15.2 Å². The molecule has 0 unspecified atom stereocenters. The van der Waals surface area contributed by atoms with Crippen LogP contribution in [-0.4, -0.2) is 42.1 Å². The molecule has 4 N–H and O–H groups in total. The van der Waals surface area contributed by atoms with Gasteiger partial charge in [-0.05, 0) is 38.1 Å². The molecule has 6 nitrogen and oxygen atoms in total. The minimum Gasteiger partial charge on any atom is -0.384 e. The Morgan fingerprint density at radius 3 is 2.84 bits per heavy atom. The van der Waals surface area contributed by atoms with Gasteiger partial charge >= 0.3 is 6.03 Å². The number of urea groups is 1. The zero-order valence-corrected chi connectivity index (χ0v) is 11.1. The summed E-state index contributed by atoms with van der Waals surface area (Å²) in [4.78, 5) is 18.0. The van der Waals surface area contributed by atoms with Gasteiger partial charge in [0, 0.05) is 13.1 Å². The van der Waals surface area contributed by atoms with Gasteiger partial charge in [-0.3, -0.25) is 5.32 Å². The van der Waals surface area contributed by atoms with Crippen LogP contribution in [0.15, 0.2) is 18.2 Å². The number of rotatable bonds is 4. The Kier molecular flexibility index (Phi) is 4.97. The van der Waals surface area contributed by atoms with Crippen molar-refractivity contribution >= 4 is 17.7 Å². The molecule has 1 aromatic heterocycles. The normalized spacial score (nSPS) is 16.0. The van der Waals surface area contributed by atoms with E-state index in [-0.39, 0.29) is 6.03 Å². The third-order valence-corrected chi connectivity index (χ3v) is 3.17. The lowest BCUT2D eigenvalue weighted by molar-refractivity contribution is 0.224. The van der Waals surface area contributed by atoms with E-state index < -0.39 is 0 Å². The summed E-state index contributed by atoms with van der Waals surface area (Å²) in [5.41, 5.74) is 5.54. The molecule has 0 bridgehead atoms. The Morgan fingerprint density at radius 1 is 1.32 bits per heavy atom. The van der Waals surface area contributed by atoms with E-state index in [0.29, 0.717) is 18.2 Å². The number of nitrogens with zero attached hydrogens (tertiary/aromatic N) is 2. The molecule has 2 heterocycles. The van der Waals surface area contributed by atoms with Crippen molar-refractivity contribution in [1.29, 1.82) is 0 Å². The number of pyridine rings is 1. The number of piperidine rings is 1. The number of hydrogen-bond donors (Lipinski definition) is 3. The molecule has 0 aliphatic carbocycles. The predicted octanol–water partition coefficient (Wildman–Crippen LogP) is 1.27. The van der Waals surface area contributed by atoms with Gasteiger partial charge in [0.15, 0.2) is 0 Å². The number of amides is 2. The van der Waals surface area contributed by atoms with Crippen molar-refractivity contribution in [3.63, 3.8) is 0 Å². The number of carbonyl (C=O) groups is 1. The number of hydrogen-bond acceptors (Lipinski definition) is 4. The lowest BCUT2D eigenvalue weighted by atomic mass is 10.1. The molecular weight excluding hydrogens is 242 g/mol. The van der Waals surface area contributed by atoms with Gasteiger partial charge in [-0.1, -0.05) is 12.5 Å². The largest absolute Gasteiger partial charge is 0.384 e. The van der Waals surface area contributed by atoms with Crippen LogP contribution in [0.1, 0.15) is 19.3 Å². The number of carbonyl (C=O) groups excluding carboxylic acids is 1. The zero-order chi connectivity index (χ0) is 13.5. The Bertz CT molecular complexity index is 417. The first-order valence-corrected chi connectivity index (χ1v) is 6.74. The Balaban J connectivity index is 1.67. The van der Waals surface area contributed by atoms with Crippen molar-refractivity contribution in [2.24, 2.45) is 0 Å². The number of anilines is 2. The van der Waals surface area contributed by atoms with Crippen molar-refractivity contribution in [3.8, 4) is 0 Å². The third kappa shape index (κ3) is 4.75. The summed E-state index contributed by atoms with van der Waals surface area (Å²) in [6.45, 7) is 3.83. The number of likely N-dealkylation sites (tertiary alicyclic amines) is 1. The van der Waals surface area contributed by atoms with E-state index in [1.165, 1.54) is 19.3 Å². The molecule has 0 saturated carbocycles. The summed E-state index contributed by atoms with van der Waals surface area (Å²) >= 11 is 0. The minimum absolute atomic E-state index is 0.241. The molecule has 1 aliphatic heterocycles. The number of nitrogens with two attached hydrogens (primary N) is 1. The van der Waals surface area contributed by atoms with Crippen LogP contribution in [-0.2, 0) is 0 Å². The second-order valence-corrected chi connectivity index (χ2v) is 4.73. The summed E-state index contributed by atoms with van der Waals surface area (Å²) in [7, 11) is 0. The van der Waals surface area contributed by atoms with Crippen LogP contribution in [0.3, 0.4) is 0 Å². The smallest absolute Gasteiger partial charge is 0.320 e. The molecule has 1 aliphatic rings. The molecule has 2 rings (SSSR count). The Labute approximate surface area is 113 Å². The monoisotopic (exact) mass is 263 g/mol. The maximum Gasteiger partial charge on any atom is 0.320 e. The fourth-order valence-corrected chi connectivity index (χ4v) is 2.19. The summed E-state index contributed by atoms with van der Waals surface area (Å²) < 4.78 is 0. The van der Waals surface area contributed by atoms with Crippen LogP contribution in [0.5, 0.6) is 0 Å². The van der Waals surface area contributed by atoms with Crippen molar-refractivity contribution in [3.05, 3.63) is 18.2 Å². The minimum atomic E-state index is -0.241. The number of aromatic nitrogens is 1. The van der Waals surface area contributed by atoms with Crippen LogP contribution < -0.4 is 16.4 Å². The van der Waals surface area contributed by atoms with E-state index in [9.17, 15) is 4.79 Å². The van der Waals surface area contributed by atoms with E-state index in [2.05, 4.69) is 20.5 Å². The fraction of sp³-hybridized carbons (Fsp3) is 0.538. The first-order valence-electron chi connectivity index (χ1n) is 6.74. The van der Waals surface area contributed by atoms with Gasteiger partial charge in [0.25, 0.3) is 0 Å². The van der Waals surface area contributed by atoms with Gasteiger partial charge in [-0.2, -0.15) is 0 Å². The number of nitrogen functional groups attached to an aromatic ring is 1. The summed E-state index contributed by atoms with van der Waals surface area (Å²) in [5.74, 6) is 0.863. The molecule has 0 spiro atoms. The summed E-state index contributed by atoms with van der Waals surface area (Å²) in [6, 6.07) is 4.90. The van der Waals surface area contributed by atoms with Crippen molar-refractivity contribution in [2.45, 2.75) is 19.3 Å². The lowest BCUT2D eigenvalue weighted by Gasteiger charge is -2.26. The molecule has 104 valence electrons. The zero-order valence-electron chi connectivity index (χ0n) is 11.1. The molecule has 6 heteroatoms. The van der Waals surface area contributed by atoms with Gasteiger partial charge < -0.3 is 16.0 Å². The molecule has 0 radical (unpaired) electrons. The third-order valence-electron chi connectivity index (χ3n) is 3.17. The highest BCUT2D eigenvalue weighted by Gasteiger charge is 2.09. The first-order chi connectivity index (χ1) is 9.24. The van der Waals surface area contributed by atoms with Crippen LogP contribution in [0.25, 0.3) is 0 Å². The van der Waals surface area contributed by atoms with Crippen molar-refractivity contribution < 1.29 is 4.79 Å². The molecule has 0 atom stereocenters. The maximum atomic E-state index is 11.6. The van der Waals surface area contributed by atoms with Gasteiger partial charge in [0.05, 0.1) is 0 Å². The number of nitrogens with one attached hydrogen (secondary N) is 2. The van der Waals surface area contributed by atoms with Gasteiger partial charge in [0.2, 0.25) is 0 Å². The quantitative estimate of drug-likeness (QED) is 0.764. The molecule has 19 heavy (non-hydrogen) atoms. The van der Waals surface area contributed by atoms with Crippen LogP contribution >= 0.6 is 0 Å². The average molecular weight is 263 g/mol. The Hall–Kier alpha value is -1.82. The standard InChI is InChI=1S/C13H21N5O/c14-11-5-4-6-12(16-11)17-13(19)15-7-10-18-8-2-1-3-9-18/h4-6H,1-3,7-10H2,(H4,14,15,16,17,19). The van der Waals surface area contributed by atoms with E-state index in [0.717, 1.165) is 19.6 Å². The van der Waals surface area contributed by atoms with Crippen LogP contribution in [0.4, 0.5) is 16.4 Å². The SMILES string of the molecule is Nc1cccc(NC(=O)NCCN2CCCCC2)n1. The van der Waals surface area contributed by atoms with Gasteiger partial charge in [0.1, 0.15) is 11.6 Å². The summed E-state index contributed by atoms with van der Waals surface area (Å²) in [5, 5.41) is 5.49. The lowest BCUT2D eigenvalue weighted by Crippen LogP contribution is -2.39. The highest BCUT2D eigenvalue weighted by Crippen LogP contribution is 2.07. The molecule has 1 saturated heterocycles. The molecule has 1 aromatic rings. The van der Waals surface area contributed by atoms with Crippen LogP contribution in [0, 0.1) is 0 Å². The van der Waals surface area contributed by atoms with E-state index in [1.54, 1.807) is 18.2 Å². The van der Waals surface area contributed by atoms with E-state index >= 15 is 0 Å². The second kappa shape index (κ2) is 6.94. The molecular formula is C13H21N5O. The van der Waals surface area contributed by atoms with E-state index in [1.807, 2.05) is 0 Å². The molecule has 2 amide bonds. The second-order valence-electron chi connectivity index (χ2n) is 4.73. The maximum absolute atomic E-state index is 11.6. The predicted molar refractivity (Wildman–Crippen MR) is 76.0 cm³/mol. The van der Waals surface area contributed by atoms with Gasteiger partial charge in [-0.15, -0.1) is 0 Å². The van der Waals surface area contributed by atoms with Gasteiger partial charge in [-0.25, -0.2) is 9.78 Å². The topological polar surface area (TPSA) is 83.3 Å². The van der Waals surface area contributed by atoms with Crippen molar-refractivity contribution in [2.75, 3.05) is 37.2 Å². The average Bonchev–Trinajstić information content (AvgIpc) is 2.40. The Morgan fingerprint density at radius 2 is 2.11 bits per heavy atom. The highest BCUT2D eigenvalue weighted by atomic mass is 16.2. The molecule has 1 fully saturated rings. The molecule has 0 aromatic carbocycles. The summed E-state index contributed by atoms with van der Waals surface area (Å²) in [6.07, 6.45) is 3.85. The fourth-order valence-electron chi connectivity index (χ4n) is 2.19. The highest BCUT2D eigenvalue weighted by molar-refractivity contribution is 5.88. The van der Waals surface area contributed by atoms with E-state index in [4.69, 9.17) is 5.73 Å².